The molecule has 7 nitrogen and oxygen atoms in total. The molecule has 0 saturated carbocycles. The number of hydrogen-bond donors (Lipinski definition) is 1. The van der Waals surface area contributed by atoms with Gasteiger partial charge in [-0.1, -0.05) is 6.07 Å². The van der Waals surface area contributed by atoms with Crippen molar-refractivity contribution in [1.29, 1.82) is 0 Å². The first-order valence-electron chi connectivity index (χ1n) is 8.23. The molecule has 2 heterocycles. The highest BCUT2D eigenvalue weighted by Crippen LogP contribution is 2.37. The first kappa shape index (κ1) is 16.3. The van der Waals surface area contributed by atoms with Crippen LogP contribution >= 0.6 is 0 Å². The Bertz CT molecular complexity index is 892. The van der Waals surface area contributed by atoms with Crippen molar-refractivity contribution in [3.05, 3.63) is 41.5 Å². The van der Waals surface area contributed by atoms with Crippen molar-refractivity contribution in [2.24, 2.45) is 0 Å². The molecule has 26 heavy (non-hydrogen) atoms. The Labute approximate surface area is 149 Å². The van der Waals surface area contributed by atoms with Crippen LogP contribution in [-0.4, -0.2) is 31.7 Å². The van der Waals surface area contributed by atoms with Gasteiger partial charge >= 0.3 is 0 Å². The predicted molar refractivity (Wildman–Crippen MR) is 92.3 cm³/mol. The molecule has 7 heteroatoms. The van der Waals surface area contributed by atoms with E-state index in [2.05, 4.69) is 5.32 Å². The van der Waals surface area contributed by atoms with E-state index in [9.17, 15) is 9.59 Å². The minimum Gasteiger partial charge on any atom is -0.486 e. The molecule has 1 amide bonds. The molecular weight excluding hydrogens is 338 g/mol. The molecule has 0 unspecified atom stereocenters. The number of amides is 1. The Morgan fingerprint density at radius 2 is 1.62 bits per heavy atom. The molecule has 1 N–H and O–H groups in total. The molecule has 2 aliphatic rings. The summed E-state index contributed by atoms with van der Waals surface area (Å²) in [5.74, 6) is 1.90. The van der Waals surface area contributed by atoms with Crippen molar-refractivity contribution in [1.82, 2.24) is 0 Å². The number of ketones is 1. The molecule has 4 rings (SSSR count). The summed E-state index contributed by atoms with van der Waals surface area (Å²) in [6.45, 7) is 2.54. The van der Waals surface area contributed by atoms with Gasteiger partial charge in [-0.3, -0.25) is 9.59 Å². The summed E-state index contributed by atoms with van der Waals surface area (Å²) in [4.78, 5) is 24.3. The number of Topliss-reactive ketones (excluding diaryl/α,β-unsaturated/α-hetero) is 1. The van der Waals surface area contributed by atoms with Gasteiger partial charge in [0.2, 0.25) is 12.7 Å². The van der Waals surface area contributed by atoms with Crippen LogP contribution in [0.15, 0.2) is 30.3 Å². The number of nitrogens with one attached hydrogen (secondary N) is 1. The molecule has 0 saturated heterocycles. The minimum atomic E-state index is -0.247. The third kappa shape index (κ3) is 3.15. The number of anilines is 1. The highest BCUT2D eigenvalue weighted by molar-refractivity contribution is 6.05. The molecule has 134 valence electrons. The van der Waals surface area contributed by atoms with Crippen molar-refractivity contribution in [2.45, 2.75) is 13.3 Å². The van der Waals surface area contributed by atoms with Crippen molar-refractivity contribution in [3.63, 3.8) is 0 Å². The number of rotatable bonds is 4. The summed E-state index contributed by atoms with van der Waals surface area (Å²) < 4.78 is 21.6. The molecule has 0 fully saturated rings. The van der Waals surface area contributed by atoms with Gasteiger partial charge in [0, 0.05) is 11.6 Å². The number of hydrogen-bond acceptors (Lipinski definition) is 6. The lowest BCUT2D eigenvalue weighted by atomic mass is 10.1. The monoisotopic (exact) mass is 355 g/mol. The van der Waals surface area contributed by atoms with Crippen LogP contribution in [0.2, 0.25) is 0 Å². The lowest BCUT2D eigenvalue weighted by Crippen LogP contribution is -2.18. The van der Waals surface area contributed by atoms with Crippen molar-refractivity contribution >= 4 is 17.4 Å². The van der Waals surface area contributed by atoms with E-state index in [1.165, 1.54) is 6.92 Å². The van der Waals surface area contributed by atoms with Gasteiger partial charge in [-0.15, -0.1) is 0 Å². The summed E-state index contributed by atoms with van der Waals surface area (Å²) in [5.41, 5.74) is 1.57. The number of carbonyl (C=O) groups is 2. The second-order valence-corrected chi connectivity index (χ2v) is 6.01. The smallest absolute Gasteiger partial charge is 0.231 e. The molecule has 2 aromatic rings. The number of benzene rings is 2. The fraction of sp³-hybridized carbons (Fsp3) is 0.263. The van der Waals surface area contributed by atoms with Crippen LogP contribution in [0.25, 0.3) is 0 Å². The molecule has 0 bridgehead atoms. The maximum atomic E-state index is 12.5. The van der Waals surface area contributed by atoms with Gasteiger partial charge in [-0.05, 0) is 30.7 Å². The van der Waals surface area contributed by atoms with Crippen molar-refractivity contribution < 1.29 is 28.5 Å². The molecule has 2 aliphatic heterocycles. The fourth-order valence-corrected chi connectivity index (χ4v) is 2.91. The highest BCUT2D eigenvalue weighted by atomic mass is 16.7. The summed E-state index contributed by atoms with van der Waals surface area (Å²) >= 11 is 0. The van der Waals surface area contributed by atoms with E-state index in [4.69, 9.17) is 18.9 Å². The average Bonchev–Trinajstić information content (AvgIpc) is 3.08. The molecule has 2 aromatic carbocycles. The van der Waals surface area contributed by atoms with Crippen LogP contribution in [0.1, 0.15) is 22.8 Å². The molecule has 0 radical (unpaired) electrons. The molecule has 0 aliphatic carbocycles. The second kappa shape index (κ2) is 6.59. The molecule has 0 spiro atoms. The second-order valence-electron chi connectivity index (χ2n) is 6.01. The average molecular weight is 355 g/mol. The standard InChI is InChI=1S/C19H17NO6/c1-11(21)13-8-17-18(26-10-25-17)9-14(13)20-19(22)7-12-2-3-15-16(6-12)24-5-4-23-15/h2-3,6,8-9H,4-5,7,10H2,1H3,(H,20,22). The van der Waals surface area contributed by atoms with Crippen LogP contribution in [0.3, 0.4) is 0 Å². The third-order valence-corrected chi connectivity index (χ3v) is 4.14. The van der Waals surface area contributed by atoms with Gasteiger partial charge in [0.1, 0.15) is 13.2 Å². The van der Waals surface area contributed by atoms with Gasteiger partial charge < -0.3 is 24.3 Å². The van der Waals surface area contributed by atoms with Crippen LogP contribution in [0.4, 0.5) is 5.69 Å². The van der Waals surface area contributed by atoms with Crippen LogP contribution in [0, 0.1) is 0 Å². The van der Waals surface area contributed by atoms with Gasteiger partial charge in [0.25, 0.3) is 0 Å². The largest absolute Gasteiger partial charge is 0.486 e. The topological polar surface area (TPSA) is 83.1 Å². The molecular formula is C19H17NO6. The first-order valence-corrected chi connectivity index (χ1v) is 8.23. The van der Waals surface area contributed by atoms with Crippen LogP contribution in [-0.2, 0) is 11.2 Å². The van der Waals surface area contributed by atoms with E-state index in [0.29, 0.717) is 47.5 Å². The van der Waals surface area contributed by atoms with Gasteiger partial charge in [0.15, 0.2) is 28.8 Å². The Morgan fingerprint density at radius 3 is 2.38 bits per heavy atom. The van der Waals surface area contributed by atoms with E-state index in [0.717, 1.165) is 5.56 Å². The molecule has 0 atom stereocenters. The number of ether oxygens (including phenoxy) is 4. The zero-order valence-electron chi connectivity index (χ0n) is 14.2. The zero-order chi connectivity index (χ0) is 18.1. The van der Waals surface area contributed by atoms with Gasteiger partial charge in [-0.2, -0.15) is 0 Å². The molecule has 0 aromatic heterocycles. The predicted octanol–water partition coefficient (Wildman–Crippen LogP) is 2.57. The van der Waals surface area contributed by atoms with Crippen molar-refractivity contribution in [3.8, 4) is 23.0 Å². The van der Waals surface area contributed by atoms with Crippen molar-refractivity contribution in [2.75, 3.05) is 25.3 Å². The number of fused-ring (bicyclic) bond motifs is 2. The SMILES string of the molecule is CC(=O)c1cc2c(cc1NC(=O)Cc1ccc3c(c1)OCCO3)OCO2. The summed E-state index contributed by atoms with van der Waals surface area (Å²) in [6.07, 6.45) is 0.141. The Morgan fingerprint density at radius 1 is 0.923 bits per heavy atom. The highest BCUT2D eigenvalue weighted by Gasteiger charge is 2.21. The zero-order valence-corrected chi connectivity index (χ0v) is 14.2. The first-order chi connectivity index (χ1) is 12.6. The van der Waals surface area contributed by atoms with E-state index in [-0.39, 0.29) is 24.9 Å². The lowest BCUT2D eigenvalue weighted by molar-refractivity contribution is -0.115. The van der Waals surface area contributed by atoms with Crippen LogP contribution in [0.5, 0.6) is 23.0 Å². The Balaban J connectivity index is 1.52. The maximum Gasteiger partial charge on any atom is 0.231 e. The lowest BCUT2D eigenvalue weighted by Gasteiger charge is -2.18. The van der Waals surface area contributed by atoms with E-state index in [1.807, 2.05) is 6.07 Å². The maximum absolute atomic E-state index is 12.5. The quantitative estimate of drug-likeness (QED) is 0.849. The number of carbonyl (C=O) groups excluding carboxylic acids is 2. The van der Waals surface area contributed by atoms with Gasteiger partial charge in [0.05, 0.1) is 12.1 Å². The minimum absolute atomic E-state index is 0.0985. The van der Waals surface area contributed by atoms with E-state index < -0.39 is 0 Å². The van der Waals surface area contributed by atoms with E-state index >= 15 is 0 Å². The van der Waals surface area contributed by atoms with E-state index in [1.54, 1.807) is 24.3 Å². The normalized spacial score (nSPS) is 14.0. The fourth-order valence-electron chi connectivity index (χ4n) is 2.91. The summed E-state index contributed by atoms with van der Waals surface area (Å²) in [5, 5.41) is 2.78. The van der Waals surface area contributed by atoms with Crippen LogP contribution < -0.4 is 24.3 Å². The Hall–Kier alpha value is -3.22. The summed E-state index contributed by atoms with van der Waals surface area (Å²) in [6, 6.07) is 8.60. The summed E-state index contributed by atoms with van der Waals surface area (Å²) in [7, 11) is 0. The van der Waals surface area contributed by atoms with Gasteiger partial charge in [-0.25, -0.2) is 0 Å². The third-order valence-electron chi connectivity index (χ3n) is 4.14. The Kier molecular flexibility index (Phi) is 4.12.